The molecule has 138 valence electrons. The molecule has 1 aromatic heterocycles. The van der Waals surface area contributed by atoms with Crippen molar-refractivity contribution in [3.8, 4) is 23.0 Å². The van der Waals surface area contributed by atoms with Gasteiger partial charge in [0, 0.05) is 22.8 Å². The Labute approximate surface area is 154 Å². The summed E-state index contributed by atoms with van der Waals surface area (Å²) < 4.78 is 11.2. The van der Waals surface area contributed by atoms with Crippen LogP contribution in [0.3, 0.4) is 0 Å². The maximum atomic E-state index is 10.9. The lowest BCUT2D eigenvalue weighted by atomic mass is 9.78. The normalized spacial score (nSPS) is 12.6. The Morgan fingerprint density at radius 1 is 0.923 bits per heavy atom. The SMILES string of the molecule is COc1ccc2oc(-c3cc(C(C)(C)C)c(O)c(C(C)(C)C)c3)nc2c1. The highest BCUT2D eigenvalue weighted by Crippen LogP contribution is 2.42. The minimum absolute atomic E-state index is 0.199. The molecule has 0 amide bonds. The van der Waals surface area contributed by atoms with Crippen molar-refractivity contribution in [2.45, 2.75) is 52.4 Å². The number of benzene rings is 2. The van der Waals surface area contributed by atoms with Crippen LogP contribution in [-0.4, -0.2) is 17.2 Å². The maximum Gasteiger partial charge on any atom is 0.227 e. The van der Waals surface area contributed by atoms with Crippen molar-refractivity contribution in [3.63, 3.8) is 0 Å². The molecule has 4 nitrogen and oxygen atoms in total. The van der Waals surface area contributed by atoms with Gasteiger partial charge in [-0.3, -0.25) is 0 Å². The number of fused-ring (bicyclic) bond motifs is 1. The van der Waals surface area contributed by atoms with Gasteiger partial charge in [-0.15, -0.1) is 0 Å². The summed E-state index contributed by atoms with van der Waals surface area (Å²) in [7, 11) is 1.63. The van der Waals surface area contributed by atoms with Gasteiger partial charge in [0.1, 0.15) is 17.0 Å². The fraction of sp³-hybridized carbons (Fsp3) is 0.409. The van der Waals surface area contributed by atoms with Crippen molar-refractivity contribution in [1.29, 1.82) is 0 Å². The van der Waals surface area contributed by atoms with Crippen LogP contribution in [0.2, 0.25) is 0 Å². The Hall–Kier alpha value is -2.49. The number of methoxy groups -OCH3 is 1. The second-order valence-electron chi connectivity index (χ2n) is 8.77. The first kappa shape index (κ1) is 18.3. The number of aromatic nitrogens is 1. The van der Waals surface area contributed by atoms with Crippen molar-refractivity contribution < 1.29 is 14.3 Å². The van der Waals surface area contributed by atoms with E-state index in [1.807, 2.05) is 30.3 Å². The Balaban J connectivity index is 2.24. The Bertz CT molecular complexity index is 921. The summed E-state index contributed by atoms with van der Waals surface area (Å²) in [5.74, 6) is 1.64. The lowest BCUT2D eigenvalue weighted by Gasteiger charge is -2.27. The molecule has 0 aliphatic heterocycles. The van der Waals surface area contributed by atoms with Crippen molar-refractivity contribution in [1.82, 2.24) is 4.98 Å². The standard InChI is InChI=1S/C22H27NO3/c1-21(2,3)15-10-13(11-16(19(15)24)22(4,5)6)20-23-17-12-14(25-7)8-9-18(17)26-20/h8-12,24H,1-7H3. The third-order valence-electron chi connectivity index (χ3n) is 4.57. The molecule has 0 unspecified atom stereocenters. The molecule has 0 radical (unpaired) electrons. The third-order valence-corrected chi connectivity index (χ3v) is 4.57. The highest BCUT2D eigenvalue weighted by atomic mass is 16.5. The number of aromatic hydroxyl groups is 1. The van der Waals surface area contributed by atoms with Gasteiger partial charge in [-0.25, -0.2) is 4.98 Å². The molecular formula is C22H27NO3. The topological polar surface area (TPSA) is 55.5 Å². The van der Waals surface area contributed by atoms with Crippen LogP contribution in [0, 0.1) is 0 Å². The number of rotatable bonds is 2. The first-order valence-electron chi connectivity index (χ1n) is 8.83. The minimum atomic E-state index is -0.199. The smallest absolute Gasteiger partial charge is 0.227 e. The molecule has 1 heterocycles. The zero-order valence-corrected chi connectivity index (χ0v) is 16.6. The monoisotopic (exact) mass is 353 g/mol. The van der Waals surface area contributed by atoms with Gasteiger partial charge >= 0.3 is 0 Å². The van der Waals surface area contributed by atoms with E-state index in [2.05, 4.69) is 46.5 Å². The van der Waals surface area contributed by atoms with Gasteiger partial charge in [-0.05, 0) is 35.1 Å². The van der Waals surface area contributed by atoms with E-state index >= 15 is 0 Å². The first-order chi connectivity index (χ1) is 12.0. The Morgan fingerprint density at radius 2 is 1.50 bits per heavy atom. The van der Waals surface area contributed by atoms with E-state index < -0.39 is 0 Å². The molecule has 0 bridgehead atoms. The number of nitrogens with zero attached hydrogens (tertiary/aromatic N) is 1. The van der Waals surface area contributed by atoms with Crippen LogP contribution in [0.15, 0.2) is 34.7 Å². The molecular weight excluding hydrogens is 326 g/mol. The van der Waals surface area contributed by atoms with Crippen molar-refractivity contribution in [3.05, 3.63) is 41.5 Å². The number of phenolic OH excluding ortho intramolecular Hbond substituents is 1. The van der Waals surface area contributed by atoms with E-state index in [1.165, 1.54) is 0 Å². The summed E-state index contributed by atoms with van der Waals surface area (Å²) in [5.41, 5.74) is 3.71. The van der Waals surface area contributed by atoms with Gasteiger partial charge in [-0.2, -0.15) is 0 Å². The molecule has 0 spiro atoms. The van der Waals surface area contributed by atoms with Crippen LogP contribution in [0.25, 0.3) is 22.6 Å². The second-order valence-corrected chi connectivity index (χ2v) is 8.77. The quantitative estimate of drug-likeness (QED) is 0.632. The van der Waals surface area contributed by atoms with Gasteiger partial charge in [0.25, 0.3) is 0 Å². The Kier molecular flexibility index (Phi) is 4.26. The third kappa shape index (κ3) is 3.28. The first-order valence-corrected chi connectivity index (χ1v) is 8.83. The zero-order valence-electron chi connectivity index (χ0n) is 16.6. The molecule has 0 fully saturated rings. The highest BCUT2D eigenvalue weighted by Gasteiger charge is 2.27. The van der Waals surface area contributed by atoms with Gasteiger partial charge in [-0.1, -0.05) is 41.5 Å². The summed E-state index contributed by atoms with van der Waals surface area (Å²) in [5, 5.41) is 10.9. The Morgan fingerprint density at radius 3 is 2.00 bits per heavy atom. The number of ether oxygens (including phenoxy) is 1. The number of hydrogen-bond acceptors (Lipinski definition) is 4. The van der Waals surface area contributed by atoms with Gasteiger partial charge < -0.3 is 14.3 Å². The van der Waals surface area contributed by atoms with E-state index in [0.717, 1.165) is 28.0 Å². The fourth-order valence-electron chi connectivity index (χ4n) is 3.06. The average Bonchev–Trinajstić information content (AvgIpc) is 2.95. The summed E-state index contributed by atoms with van der Waals surface area (Å²) in [6.07, 6.45) is 0. The molecule has 2 aromatic carbocycles. The molecule has 26 heavy (non-hydrogen) atoms. The van der Waals surface area contributed by atoms with Crippen LogP contribution in [-0.2, 0) is 10.8 Å². The molecule has 0 atom stereocenters. The zero-order chi connectivity index (χ0) is 19.3. The van der Waals surface area contributed by atoms with Gasteiger partial charge in [0.2, 0.25) is 5.89 Å². The molecule has 0 aliphatic carbocycles. The van der Waals surface area contributed by atoms with Gasteiger partial charge in [0.05, 0.1) is 7.11 Å². The van der Waals surface area contributed by atoms with E-state index in [9.17, 15) is 5.11 Å². The van der Waals surface area contributed by atoms with E-state index in [-0.39, 0.29) is 10.8 Å². The summed E-state index contributed by atoms with van der Waals surface area (Å²) in [4.78, 5) is 4.64. The highest BCUT2D eigenvalue weighted by molar-refractivity contribution is 5.78. The van der Waals surface area contributed by atoms with Crippen molar-refractivity contribution >= 4 is 11.1 Å². The molecule has 4 heteroatoms. The van der Waals surface area contributed by atoms with Crippen LogP contribution in [0.1, 0.15) is 52.7 Å². The maximum absolute atomic E-state index is 10.9. The predicted molar refractivity (Wildman–Crippen MR) is 105 cm³/mol. The fourth-order valence-corrected chi connectivity index (χ4v) is 3.06. The molecule has 1 N–H and O–H groups in total. The van der Waals surface area contributed by atoms with Crippen LogP contribution in [0.4, 0.5) is 0 Å². The minimum Gasteiger partial charge on any atom is -0.507 e. The largest absolute Gasteiger partial charge is 0.507 e. The predicted octanol–water partition coefficient (Wildman–Crippen LogP) is 5.80. The average molecular weight is 353 g/mol. The van der Waals surface area contributed by atoms with Crippen molar-refractivity contribution in [2.75, 3.05) is 7.11 Å². The van der Waals surface area contributed by atoms with Crippen LogP contribution >= 0.6 is 0 Å². The number of oxazole rings is 1. The van der Waals surface area contributed by atoms with Crippen molar-refractivity contribution in [2.24, 2.45) is 0 Å². The van der Waals surface area contributed by atoms with E-state index in [4.69, 9.17) is 9.15 Å². The van der Waals surface area contributed by atoms with E-state index in [1.54, 1.807) is 7.11 Å². The lowest BCUT2D eigenvalue weighted by molar-refractivity contribution is 0.415. The second kappa shape index (κ2) is 6.04. The molecule has 3 aromatic rings. The molecule has 3 rings (SSSR count). The molecule has 0 saturated carbocycles. The lowest BCUT2D eigenvalue weighted by Crippen LogP contribution is -2.17. The summed E-state index contributed by atoms with van der Waals surface area (Å²) in [6.45, 7) is 12.6. The van der Waals surface area contributed by atoms with Crippen LogP contribution < -0.4 is 4.74 Å². The summed E-state index contributed by atoms with van der Waals surface area (Å²) >= 11 is 0. The number of hydrogen-bond donors (Lipinski definition) is 1. The number of phenols is 1. The molecule has 0 aliphatic rings. The van der Waals surface area contributed by atoms with Crippen LogP contribution in [0.5, 0.6) is 11.5 Å². The molecule has 0 saturated heterocycles. The summed E-state index contributed by atoms with van der Waals surface area (Å²) in [6, 6.07) is 9.53. The van der Waals surface area contributed by atoms with Gasteiger partial charge in [0.15, 0.2) is 5.58 Å². The van der Waals surface area contributed by atoms with E-state index in [0.29, 0.717) is 17.2 Å².